The summed E-state index contributed by atoms with van der Waals surface area (Å²) < 4.78 is 32.9. The molecule has 0 rings (SSSR count). The Labute approximate surface area is 229 Å². The first-order chi connectivity index (χ1) is 17.3. The standard InChI is InChI=1S/C30H62O7/c1-13-16-18-21-32-30(36-27(10)15-3,37-34-22-19-24(4)5)28(11,12)29(35-26(8)9,31-20-17-14-2)33-23-25(6)7/h24-27H,13-23H2,1-12H3. The lowest BCUT2D eigenvalue weighted by molar-refractivity contribution is -0.584. The molecule has 0 spiro atoms. The van der Waals surface area contributed by atoms with E-state index in [9.17, 15) is 0 Å². The van der Waals surface area contributed by atoms with E-state index in [1.807, 2.05) is 34.6 Å². The Morgan fingerprint density at radius 1 is 0.622 bits per heavy atom. The van der Waals surface area contributed by atoms with E-state index in [0.29, 0.717) is 32.3 Å². The van der Waals surface area contributed by atoms with Crippen LogP contribution in [-0.4, -0.2) is 50.6 Å². The molecule has 0 heterocycles. The summed E-state index contributed by atoms with van der Waals surface area (Å²) in [5.41, 5.74) is -1.10. The van der Waals surface area contributed by atoms with Gasteiger partial charge in [-0.3, -0.25) is 0 Å². The molecule has 224 valence electrons. The molecule has 0 saturated carbocycles. The van der Waals surface area contributed by atoms with Gasteiger partial charge in [-0.15, -0.1) is 0 Å². The molecule has 0 N–H and O–H groups in total. The maximum absolute atomic E-state index is 6.63. The van der Waals surface area contributed by atoms with Crippen LogP contribution in [0.4, 0.5) is 0 Å². The van der Waals surface area contributed by atoms with Crippen LogP contribution in [0.25, 0.3) is 0 Å². The van der Waals surface area contributed by atoms with Gasteiger partial charge in [-0.05, 0) is 72.1 Å². The second-order valence-electron chi connectivity index (χ2n) is 11.8. The molecular weight excluding hydrogens is 472 g/mol. The van der Waals surface area contributed by atoms with Crippen molar-refractivity contribution < 1.29 is 33.5 Å². The van der Waals surface area contributed by atoms with Gasteiger partial charge in [0.1, 0.15) is 5.41 Å². The number of hydrogen-bond donors (Lipinski definition) is 0. The monoisotopic (exact) mass is 534 g/mol. The molecule has 7 heteroatoms. The third-order valence-electron chi connectivity index (χ3n) is 6.24. The third-order valence-corrected chi connectivity index (χ3v) is 6.24. The lowest BCUT2D eigenvalue weighted by Gasteiger charge is -2.53. The smallest absolute Gasteiger partial charge is 0.325 e. The second-order valence-corrected chi connectivity index (χ2v) is 11.8. The van der Waals surface area contributed by atoms with Crippen LogP contribution in [0.1, 0.15) is 128 Å². The number of unbranched alkanes of at least 4 members (excludes halogenated alkanes) is 3. The van der Waals surface area contributed by atoms with Gasteiger partial charge in [0.05, 0.1) is 38.6 Å². The minimum Gasteiger partial charge on any atom is -0.327 e. The Bertz CT molecular complexity index is 552. The Morgan fingerprint density at radius 3 is 1.73 bits per heavy atom. The van der Waals surface area contributed by atoms with Crippen molar-refractivity contribution in [2.24, 2.45) is 17.3 Å². The topological polar surface area (TPSA) is 64.6 Å². The van der Waals surface area contributed by atoms with Gasteiger partial charge in [0.25, 0.3) is 5.97 Å². The minimum absolute atomic E-state index is 0.170. The Morgan fingerprint density at radius 2 is 1.22 bits per heavy atom. The molecule has 3 atom stereocenters. The van der Waals surface area contributed by atoms with E-state index in [-0.39, 0.29) is 18.1 Å². The van der Waals surface area contributed by atoms with Crippen LogP contribution in [0.3, 0.4) is 0 Å². The lowest BCUT2D eigenvalue weighted by Crippen LogP contribution is -2.67. The van der Waals surface area contributed by atoms with Gasteiger partial charge in [0.15, 0.2) is 0 Å². The van der Waals surface area contributed by atoms with Crippen molar-refractivity contribution in [1.82, 2.24) is 0 Å². The van der Waals surface area contributed by atoms with Crippen LogP contribution in [-0.2, 0) is 33.5 Å². The van der Waals surface area contributed by atoms with Crippen molar-refractivity contribution in [1.29, 1.82) is 0 Å². The van der Waals surface area contributed by atoms with Crippen molar-refractivity contribution in [2.45, 2.75) is 152 Å². The molecule has 37 heavy (non-hydrogen) atoms. The van der Waals surface area contributed by atoms with Crippen molar-refractivity contribution in [3.8, 4) is 0 Å². The molecule has 0 aromatic carbocycles. The first-order valence-electron chi connectivity index (χ1n) is 14.9. The van der Waals surface area contributed by atoms with Crippen LogP contribution in [0.5, 0.6) is 0 Å². The van der Waals surface area contributed by atoms with Gasteiger partial charge in [-0.2, -0.15) is 4.89 Å². The van der Waals surface area contributed by atoms with E-state index < -0.39 is 17.4 Å². The molecule has 3 unspecified atom stereocenters. The van der Waals surface area contributed by atoms with Crippen molar-refractivity contribution in [2.75, 3.05) is 26.4 Å². The zero-order valence-electron chi connectivity index (χ0n) is 26.4. The zero-order valence-corrected chi connectivity index (χ0v) is 26.4. The molecule has 0 fully saturated rings. The fraction of sp³-hybridized carbons (Fsp3) is 1.00. The summed E-state index contributed by atoms with van der Waals surface area (Å²) in [4.78, 5) is 12.0. The summed E-state index contributed by atoms with van der Waals surface area (Å²) in [6, 6.07) is 0. The maximum Gasteiger partial charge on any atom is 0.325 e. The lowest BCUT2D eigenvalue weighted by atomic mass is 9.85. The average molecular weight is 535 g/mol. The van der Waals surface area contributed by atoms with E-state index >= 15 is 0 Å². The maximum atomic E-state index is 6.63. The van der Waals surface area contributed by atoms with Crippen LogP contribution in [0.15, 0.2) is 0 Å². The molecule has 0 bridgehead atoms. The molecular formula is C30H62O7. The molecule has 0 amide bonds. The summed E-state index contributed by atoms with van der Waals surface area (Å²) in [5, 5.41) is 0. The largest absolute Gasteiger partial charge is 0.327 e. The van der Waals surface area contributed by atoms with E-state index in [1.54, 1.807) is 0 Å². The fourth-order valence-corrected chi connectivity index (χ4v) is 3.56. The highest BCUT2D eigenvalue weighted by Gasteiger charge is 2.66. The summed E-state index contributed by atoms with van der Waals surface area (Å²) in [7, 11) is 0. The van der Waals surface area contributed by atoms with Crippen molar-refractivity contribution in [3.05, 3.63) is 0 Å². The number of hydrogen-bond acceptors (Lipinski definition) is 7. The third kappa shape index (κ3) is 12.6. The molecule has 0 aliphatic heterocycles. The Hall–Kier alpha value is -0.280. The first-order valence-corrected chi connectivity index (χ1v) is 14.9. The van der Waals surface area contributed by atoms with Crippen LogP contribution in [0.2, 0.25) is 0 Å². The molecule has 0 aromatic heterocycles. The van der Waals surface area contributed by atoms with Gasteiger partial charge >= 0.3 is 5.97 Å². The normalized spacial score (nSPS) is 16.9. The highest BCUT2D eigenvalue weighted by atomic mass is 17.3. The molecule has 0 aromatic rings. The fourth-order valence-electron chi connectivity index (χ4n) is 3.56. The highest BCUT2D eigenvalue weighted by molar-refractivity contribution is 4.91. The Balaban J connectivity index is 6.72. The van der Waals surface area contributed by atoms with E-state index in [1.165, 1.54) is 0 Å². The summed E-state index contributed by atoms with van der Waals surface area (Å²) in [6.45, 7) is 26.6. The van der Waals surface area contributed by atoms with Gasteiger partial charge in [0, 0.05) is 0 Å². The zero-order chi connectivity index (χ0) is 28.5. The van der Waals surface area contributed by atoms with Crippen molar-refractivity contribution in [3.63, 3.8) is 0 Å². The highest BCUT2D eigenvalue weighted by Crippen LogP contribution is 2.50. The summed E-state index contributed by atoms with van der Waals surface area (Å²) in [5.74, 6) is -2.40. The summed E-state index contributed by atoms with van der Waals surface area (Å²) in [6.07, 6.45) is 6.11. The van der Waals surface area contributed by atoms with Gasteiger partial charge in [-0.1, -0.05) is 67.7 Å². The number of rotatable bonds is 24. The quantitative estimate of drug-likeness (QED) is 0.0534. The predicted molar refractivity (Wildman–Crippen MR) is 150 cm³/mol. The van der Waals surface area contributed by atoms with E-state index in [2.05, 4.69) is 48.5 Å². The average Bonchev–Trinajstić information content (AvgIpc) is 2.81. The molecule has 7 nitrogen and oxygen atoms in total. The molecule has 0 aliphatic carbocycles. The van der Waals surface area contributed by atoms with Crippen LogP contribution < -0.4 is 0 Å². The van der Waals surface area contributed by atoms with Gasteiger partial charge in [0.2, 0.25) is 0 Å². The van der Waals surface area contributed by atoms with E-state index in [4.69, 9.17) is 33.5 Å². The predicted octanol–water partition coefficient (Wildman–Crippen LogP) is 8.25. The van der Waals surface area contributed by atoms with Crippen molar-refractivity contribution >= 4 is 0 Å². The number of ether oxygens (including phenoxy) is 5. The van der Waals surface area contributed by atoms with E-state index in [0.717, 1.165) is 44.9 Å². The van der Waals surface area contributed by atoms with Crippen LogP contribution >= 0.6 is 0 Å². The van der Waals surface area contributed by atoms with Gasteiger partial charge in [-0.25, -0.2) is 4.89 Å². The molecule has 0 saturated heterocycles. The second kappa shape index (κ2) is 18.9. The Kier molecular flexibility index (Phi) is 18.8. The summed E-state index contributed by atoms with van der Waals surface area (Å²) >= 11 is 0. The molecule has 0 aliphatic rings. The molecule has 0 radical (unpaired) electrons. The minimum atomic E-state index is -1.63. The first kappa shape index (κ1) is 36.7. The van der Waals surface area contributed by atoms with Crippen LogP contribution in [0, 0.1) is 17.3 Å². The SMILES string of the molecule is CCCCCOC(OOCCC(C)C)(OC(C)CC)C(C)(C)C(OCCCC)(OCC(C)C)OC(C)C. The van der Waals surface area contributed by atoms with Gasteiger partial charge < -0.3 is 23.7 Å².